The van der Waals surface area contributed by atoms with E-state index in [1.54, 1.807) is 23.1 Å². The van der Waals surface area contributed by atoms with E-state index in [9.17, 15) is 19.2 Å². The number of halogens is 2. The maximum Gasteiger partial charge on any atom is 0.337 e. The fourth-order valence-electron chi connectivity index (χ4n) is 7.36. The van der Waals surface area contributed by atoms with Crippen molar-refractivity contribution in [2.45, 2.75) is 57.0 Å². The van der Waals surface area contributed by atoms with E-state index in [1.807, 2.05) is 41.3 Å². The molecule has 2 fully saturated rings. The van der Waals surface area contributed by atoms with Gasteiger partial charge in [-0.15, -0.1) is 0 Å². The fraction of sp³-hybridized carbons (Fsp3) is 0.436. The molecule has 54 heavy (non-hydrogen) atoms. The number of methoxy groups -OCH3 is 1. The monoisotopic (exact) mass is 866 g/mol. The van der Waals surface area contributed by atoms with Crippen LogP contribution in [0.2, 0.25) is 0 Å². The number of piperidine rings is 1. The predicted molar refractivity (Wildman–Crippen MR) is 218 cm³/mol. The first-order valence-corrected chi connectivity index (χ1v) is 20.1. The topological polar surface area (TPSA) is 161 Å². The quantitative estimate of drug-likeness (QED) is 0.0807. The number of likely N-dealkylation sites (tertiary alicyclic amines) is 2. The Bertz CT molecular complexity index is 1820. The number of nitrogen functional groups attached to an aromatic ring is 1. The highest BCUT2D eigenvalue weighted by Crippen LogP contribution is 2.31. The number of rotatable bonds is 12. The average Bonchev–Trinajstić information content (AvgIpc) is 3.63. The van der Waals surface area contributed by atoms with Crippen LogP contribution in [0.15, 0.2) is 63.5 Å². The molecular weight excluding hydrogens is 820 g/mol. The Morgan fingerprint density at radius 1 is 0.963 bits per heavy atom. The molecule has 288 valence electrons. The van der Waals surface area contributed by atoms with Crippen molar-refractivity contribution < 1.29 is 23.9 Å². The number of benzene rings is 3. The maximum atomic E-state index is 14.2. The summed E-state index contributed by atoms with van der Waals surface area (Å²) >= 11 is 7.00. The summed E-state index contributed by atoms with van der Waals surface area (Å²) in [5.41, 5.74) is 10.7. The van der Waals surface area contributed by atoms with Crippen LogP contribution in [0.1, 0.15) is 53.6 Å². The third-order valence-electron chi connectivity index (χ3n) is 10.4. The molecule has 0 aliphatic carbocycles. The number of amides is 5. The predicted octanol–water partition coefficient (Wildman–Crippen LogP) is 6.29. The number of esters is 1. The van der Waals surface area contributed by atoms with E-state index in [1.165, 1.54) is 20.0 Å². The Labute approximate surface area is 333 Å². The van der Waals surface area contributed by atoms with E-state index in [0.29, 0.717) is 65.0 Å². The van der Waals surface area contributed by atoms with Crippen molar-refractivity contribution in [3.63, 3.8) is 0 Å². The SMILES string of the molecule is COC(=O)c1ccc(NCCCN2CCCC2)c(NC(=O)[C@@H](Cc2cc(Br)c(N)c(Br)c2)NC(=O)N2CCC(N3CCc4ccccc4NC3=O)CC2)c1. The van der Waals surface area contributed by atoms with E-state index in [-0.39, 0.29) is 30.1 Å². The number of carbonyl (C=O) groups excluding carboxylic acids is 4. The molecule has 15 heteroatoms. The van der Waals surface area contributed by atoms with Gasteiger partial charge in [0.25, 0.3) is 0 Å². The van der Waals surface area contributed by atoms with Gasteiger partial charge >= 0.3 is 18.0 Å². The summed E-state index contributed by atoms with van der Waals surface area (Å²) in [7, 11) is 1.31. The number of nitrogens with one attached hydrogen (secondary N) is 4. The number of nitrogens with zero attached hydrogens (tertiary/aromatic N) is 3. The molecule has 3 aliphatic rings. The van der Waals surface area contributed by atoms with Gasteiger partial charge < -0.3 is 46.4 Å². The molecule has 6 N–H and O–H groups in total. The van der Waals surface area contributed by atoms with E-state index >= 15 is 0 Å². The van der Waals surface area contributed by atoms with Crippen molar-refractivity contribution in [2.75, 3.05) is 74.6 Å². The first kappa shape index (κ1) is 39.4. The zero-order valence-corrected chi connectivity index (χ0v) is 33.6. The Kier molecular flexibility index (Phi) is 13.4. The second kappa shape index (κ2) is 18.3. The second-order valence-corrected chi connectivity index (χ2v) is 15.7. The van der Waals surface area contributed by atoms with E-state index in [2.05, 4.69) is 58.0 Å². The number of para-hydroxylation sites is 1. The zero-order valence-electron chi connectivity index (χ0n) is 30.5. The molecule has 0 saturated carbocycles. The smallest absolute Gasteiger partial charge is 0.337 e. The summed E-state index contributed by atoms with van der Waals surface area (Å²) < 4.78 is 6.28. The van der Waals surface area contributed by atoms with Crippen LogP contribution in [0.25, 0.3) is 0 Å². The summed E-state index contributed by atoms with van der Waals surface area (Å²) in [6.45, 7) is 5.33. The summed E-state index contributed by atoms with van der Waals surface area (Å²) in [4.78, 5) is 59.7. The lowest BCUT2D eigenvalue weighted by atomic mass is 10.0. The third kappa shape index (κ3) is 9.85. The van der Waals surface area contributed by atoms with E-state index in [4.69, 9.17) is 10.5 Å². The van der Waals surface area contributed by atoms with Crippen LogP contribution in [-0.2, 0) is 22.4 Å². The van der Waals surface area contributed by atoms with Gasteiger partial charge in [-0.1, -0.05) is 18.2 Å². The molecule has 0 bridgehead atoms. The normalized spacial score (nSPS) is 16.9. The number of hydrogen-bond donors (Lipinski definition) is 5. The average molecular weight is 869 g/mol. The summed E-state index contributed by atoms with van der Waals surface area (Å²) in [5.74, 6) is -0.983. The fourth-order valence-corrected chi connectivity index (χ4v) is 8.64. The minimum Gasteiger partial charge on any atom is -0.465 e. The summed E-state index contributed by atoms with van der Waals surface area (Å²) in [6, 6.07) is 15.0. The molecule has 3 aliphatic heterocycles. The molecule has 2 saturated heterocycles. The Balaban J connectivity index is 1.15. The lowest BCUT2D eigenvalue weighted by molar-refractivity contribution is -0.118. The molecule has 6 rings (SSSR count). The molecule has 0 aromatic heterocycles. The highest BCUT2D eigenvalue weighted by molar-refractivity contribution is 9.11. The van der Waals surface area contributed by atoms with E-state index < -0.39 is 17.9 Å². The Morgan fingerprint density at radius 2 is 1.69 bits per heavy atom. The van der Waals surface area contributed by atoms with Crippen LogP contribution in [0, 0.1) is 0 Å². The van der Waals surface area contributed by atoms with Gasteiger partial charge in [0.05, 0.1) is 29.7 Å². The van der Waals surface area contributed by atoms with Crippen molar-refractivity contribution in [3.05, 3.63) is 80.2 Å². The summed E-state index contributed by atoms with van der Waals surface area (Å²) in [6.07, 6.45) is 5.51. The minimum absolute atomic E-state index is 0.0182. The Morgan fingerprint density at radius 3 is 2.41 bits per heavy atom. The van der Waals surface area contributed by atoms with Gasteiger partial charge in [0.15, 0.2) is 0 Å². The number of ether oxygens (including phenoxy) is 1. The first-order valence-electron chi connectivity index (χ1n) is 18.5. The van der Waals surface area contributed by atoms with Crippen LogP contribution in [0.4, 0.5) is 32.3 Å². The molecule has 0 spiro atoms. The van der Waals surface area contributed by atoms with Gasteiger partial charge in [-0.25, -0.2) is 14.4 Å². The molecule has 3 aromatic rings. The third-order valence-corrected chi connectivity index (χ3v) is 11.7. The zero-order chi connectivity index (χ0) is 38.2. The first-order chi connectivity index (χ1) is 26.1. The standard InChI is InChI=1S/C39H48Br2N8O5/c1-54-37(51)27-9-10-32(43-14-6-17-47-15-4-5-16-47)33(24-27)44-36(50)34(23-25-21-29(40)35(42)30(41)22-25)46-38(52)48-18-12-28(13-19-48)49-20-11-26-7-2-3-8-31(26)45-39(49)53/h2-3,7-10,21-22,24,28,34,43H,4-6,11-20,23,42H2,1H3,(H,44,50)(H,45,53)(H,46,52)/t34-/m1/s1. The number of fused-ring (bicyclic) bond motifs is 1. The lowest BCUT2D eigenvalue weighted by Gasteiger charge is -2.38. The molecule has 0 unspecified atom stereocenters. The summed E-state index contributed by atoms with van der Waals surface area (Å²) in [5, 5.41) is 12.5. The molecule has 3 aromatic carbocycles. The van der Waals surface area contributed by atoms with Crippen molar-refractivity contribution in [1.82, 2.24) is 20.0 Å². The van der Waals surface area contributed by atoms with Gasteiger partial charge in [-0.2, -0.15) is 0 Å². The second-order valence-electron chi connectivity index (χ2n) is 14.0. The largest absolute Gasteiger partial charge is 0.465 e. The van der Waals surface area contributed by atoms with Crippen LogP contribution >= 0.6 is 31.9 Å². The minimum atomic E-state index is -0.989. The number of hydrogen-bond acceptors (Lipinski definition) is 8. The lowest BCUT2D eigenvalue weighted by Crippen LogP contribution is -2.55. The van der Waals surface area contributed by atoms with Crippen molar-refractivity contribution >= 4 is 78.5 Å². The van der Waals surface area contributed by atoms with Gasteiger partial charge in [-0.05, 0) is 138 Å². The van der Waals surface area contributed by atoms with Gasteiger partial charge in [0.2, 0.25) is 5.91 Å². The van der Waals surface area contributed by atoms with Crippen LogP contribution < -0.4 is 27.0 Å². The van der Waals surface area contributed by atoms with Crippen molar-refractivity contribution in [3.8, 4) is 0 Å². The number of urea groups is 2. The Hall–Kier alpha value is -4.34. The van der Waals surface area contributed by atoms with Crippen molar-refractivity contribution in [1.29, 1.82) is 0 Å². The van der Waals surface area contributed by atoms with Gasteiger partial charge in [-0.3, -0.25) is 4.79 Å². The number of nitrogens with two attached hydrogens (primary N) is 1. The highest BCUT2D eigenvalue weighted by atomic mass is 79.9. The van der Waals surface area contributed by atoms with Crippen LogP contribution in [0.5, 0.6) is 0 Å². The molecule has 3 heterocycles. The highest BCUT2D eigenvalue weighted by Gasteiger charge is 2.33. The van der Waals surface area contributed by atoms with Crippen molar-refractivity contribution in [2.24, 2.45) is 0 Å². The molecule has 5 amide bonds. The number of anilines is 4. The number of carbonyl (C=O) groups is 4. The van der Waals surface area contributed by atoms with Gasteiger partial charge in [0, 0.05) is 53.3 Å². The van der Waals surface area contributed by atoms with E-state index in [0.717, 1.165) is 49.3 Å². The van der Waals surface area contributed by atoms with Gasteiger partial charge in [0.1, 0.15) is 6.04 Å². The van der Waals surface area contributed by atoms with Crippen LogP contribution in [-0.4, -0.2) is 104 Å². The van der Waals surface area contributed by atoms with Crippen LogP contribution in [0.3, 0.4) is 0 Å². The maximum absolute atomic E-state index is 14.2. The molecular formula is C39H48Br2N8O5. The molecule has 1 atom stereocenters. The molecule has 0 radical (unpaired) electrons. The molecule has 13 nitrogen and oxygen atoms in total.